The van der Waals surface area contributed by atoms with Gasteiger partial charge in [-0.15, -0.1) is 0 Å². The number of esters is 1. The van der Waals surface area contributed by atoms with E-state index in [0.717, 1.165) is 21.3 Å². The van der Waals surface area contributed by atoms with Crippen LogP contribution in [0.1, 0.15) is 40.4 Å². The molecular formula is C42H34N4O6S. The topological polar surface area (TPSA) is 130 Å². The highest BCUT2D eigenvalue weighted by Crippen LogP contribution is 2.64. The summed E-state index contributed by atoms with van der Waals surface area (Å²) >= 11 is 1.33. The molecule has 53 heavy (non-hydrogen) atoms. The number of thiazole rings is 1. The van der Waals surface area contributed by atoms with Crippen molar-refractivity contribution >= 4 is 50.2 Å². The summed E-state index contributed by atoms with van der Waals surface area (Å²) in [5, 5.41) is 15.9. The van der Waals surface area contributed by atoms with Gasteiger partial charge in [0.05, 0.1) is 34.8 Å². The number of aromatic nitrogens is 1. The molecule has 0 radical (unpaired) electrons. The molecule has 6 unspecified atom stereocenters. The van der Waals surface area contributed by atoms with Crippen molar-refractivity contribution in [1.82, 2.24) is 9.88 Å². The lowest BCUT2D eigenvalue weighted by molar-refractivity contribution is -0.177. The Morgan fingerprint density at radius 1 is 0.830 bits per heavy atom. The maximum Gasteiger partial charge on any atom is 0.324 e. The SMILES string of the molecule is O=C1OC(c2ccccc2)C(c2ccccc2)N2C1C(C(=O)Nc1nc3ccccc3s1)C1(C(=O)Nc3ccccc31)C2c1ccc(OCCO)cc1. The molecule has 3 aliphatic heterocycles. The molecule has 2 saturated heterocycles. The minimum atomic E-state index is -1.59. The fourth-order valence-corrected chi connectivity index (χ4v) is 9.44. The minimum absolute atomic E-state index is 0.116. The highest BCUT2D eigenvalue weighted by molar-refractivity contribution is 7.22. The van der Waals surface area contributed by atoms with E-state index in [1.165, 1.54) is 11.3 Å². The molecule has 4 heterocycles. The largest absolute Gasteiger partial charge is 0.491 e. The Morgan fingerprint density at radius 2 is 1.51 bits per heavy atom. The molecule has 3 aliphatic rings. The summed E-state index contributed by atoms with van der Waals surface area (Å²) in [4.78, 5) is 51.8. The number of cyclic esters (lactones) is 1. The number of nitrogens with zero attached hydrogens (tertiary/aromatic N) is 2. The number of rotatable bonds is 8. The van der Waals surface area contributed by atoms with Crippen molar-refractivity contribution in [1.29, 1.82) is 0 Å². The van der Waals surface area contributed by atoms with Crippen LogP contribution in [0.15, 0.2) is 133 Å². The first-order valence-electron chi connectivity index (χ1n) is 17.5. The highest BCUT2D eigenvalue weighted by Gasteiger charge is 2.74. The molecule has 3 N–H and O–H groups in total. The number of hydrogen-bond donors (Lipinski definition) is 3. The highest BCUT2D eigenvalue weighted by atomic mass is 32.1. The molecule has 5 aromatic carbocycles. The number of aliphatic hydroxyl groups excluding tert-OH is 1. The van der Waals surface area contributed by atoms with Gasteiger partial charge in [-0.25, -0.2) is 4.98 Å². The maximum absolute atomic E-state index is 15.1. The summed E-state index contributed by atoms with van der Waals surface area (Å²) in [5.74, 6) is -2.22. The van der Waals surface area contributed by atoms with E-state index in [9.17, 15) is 9.90 Å². The average molecular weight is 723 g/mol. The lowest BCUT2D eigenvalue weighted by Gasteiger charge is -2.46. The number of para-hydroxylation sites is 2. The first-order chi connectivity index (χ1) is 26.0. The van der Waals surface area contributed by atoms with Crippen LogP contribution in [0.2, 0.25) is 0 Å². The zero-order valence-electron chi connectivity index (χ0n) is 28.3. The van der Waals surface area contributed by atoms with Crippen LogP contribution < -0.4 is 15.4 Å². The number of anilines is 2. The van der Waals surface area contributed by atoms with Gasteiger partial charge in [0.2, 0.25) is 11.8 Å². The van der Waals surface area contributed by atoms with Crippen molar-refractivity contribution in [2.24, 2.45) is 5.92 Å². The van der Waals surface area contributed by atoms with Gasteiger partial charge in [-0.2, -0.15) is 0 Å². The lowest BCUT2D eigenvalue weighted by Crippen LogP contribution is -2.53. The molecule has 2 amide bonds. The quantitative estimate of drug-likeness (QED) is 0.150. The van der Waals surface area contributed by atoms with Gasteiger partial charge in [-0.1, -0.05) is 114 Å². The first-order valence-corrected chi connectivity index (χ1v) is 18.3. The van der Waals surface area contributed by atoms with E-state index in [2.05, 4.69) is 15.6 Å². The van der Waals surface area contributed by atoms with Crippen LogP contribution in [0.5, 0.6) is 5.75 Å². The van der Waals surface area contributed by atoms with Gasteiger partial charge in [-0.3, -0.25) is 19.3 Å². The second-order valence-corrected chi connectivity index (χ2v) is 14.4. The standard InChI is InChI=1S/C42H34N4O6S/c47-23-24-51-28-21-19-27(20-22-28)37-42(29-15-7-8-16-30(29)43-40(42)50)33(38(48)45-41-44-31-17-9-10-18-32(31)53-41)35-39(49)52-36(26-13-5-2-6-14-26)34(46(35)37)25-11-3-1-4-12-25/h1-22,33-37,47H,23-24H2,(H,43,50)(H,44,45,48). The summed E-state index contributed by atoms with van der Waals surface area (Å²) in [5.41, 5.74) is 2.68. The number of fused-ring (bicyclic) bond motifs is 4. The van der Waals surface area contributed by atoms with E-state index in [1.54, 1.807) is 12.1 Å². The number of hydrogen-bond acceptors (Lipinski definition) is 9. The van der Waals surface area contributed by atoms with Gasteiger partial charge in [0.15, 0.2) is 5.13 Å². The van der Waals surface area contributed by atoms with Crippen molar-refractivity contribution in [2.75, 3.05) is 23.8 Å². The second-order valence-electron chi connectivity index (χ2n) is 13.4. The van der Waals surface area contributed by atoms with E-state index in [1.807, 2.05) is 126 Å². The number of benzene rings is 5. The normalized spacial score (nSPS) is 24.7. The summed E-state index contributed by atoms with van der Waals surface area (Å²) in [6, 6.07) is 39.0. The lowest BCUT2D eigenvalue weighted by atomic mass is 9.65. The molecule has 9 rings (SSSR count). The predicted molar refractivity (Wildman–Crippen MR) is 200 cm³/mol. The van der Waals surface area contributed by atoms with Crippen LogP contribution in [0.3, 0.4) is 0 Å². The molecule has 11 heteroatoms. The smallest absolute Gasteiger partial charge is 0.324 e. The summed E-state index contributed by atoms with van der Waals surface area (Å²) in [7, 11) is 0. The van der Waals surface area contributed by atoms with Crippen LogP contribution >= 0.6 is 11.3 Å². The van der Waals surface area contributed by atoms with Gasteiger partial charge in [0.1, 0.15) is 29.9 Å². The Bertz CT molecular complexity index is 2300. The Balaban J connectivity index is 1.30. The Morgan fingerprint density at radius 3 is 2.25 bits per heavy atom. The molecule has 6 atom stereocenters. The number of morpholine rings is 1. The van der Waals surface area contributed by atoms with Crippen molar-refractivity contribution in [3.8, 4) is 5.75 Å². The third-order valence-corrected chi connectivity index (χ3v) is 11.5. The third-order valence-electron chi connectivity index (χ3n) is 10.6. The Kier molecular flexibility index (Phi) is 8.26. The van der Waals surface area contributed by atoms with E-state index >= 15 is 9.59 Å². The molecule has 0 aliphatic carbocycles. The molecular weight excluding hydrogens is 689 g/mol. The number of carbonyl (C=O) groups excluding carboxylic acids is 3. The fraction of sp³-hybridized carbons (Fsp3) is 0.190. The number of nitrogens with one attached hydrogen (secondary N) is 2. The second kappa shape index (κ2) is 13.3. The van der Waals surface area contributed by atoms with Crippen LogP contribution in [-0.2, 0) is 24.5 Å². The summed E-state index contributed by atoms with van der Waals surface area (Å²) in [6.45, 7) is -0.0293. The van der Waals surface area contributed by atoms with Crippen molar-refractivity contribution in [3.63, 3.8) is 0 Å². The molecule has 0 saturated carbocycles. The molecule has 2 fully saturated rings. The summed E-state index contributed by atoms with van der Waals surface area (Å²) in [6.07, 6.45) is -0.764. The van der Waals surface area contributed by atoms with E-state index in [4.69, 9.17) is 9.47 Å². The maximum atomic E-state index is 15.1. The molecule has 0 bridgehead atoms. The third kappa shape index (κ3) is 5.30. The molecule has 1 aromatic heterocycles. The van der Waals surface area contributed by atoms with Gasteiger partial charge in [-0.05, 0) is 52.6 Å². The average Bonchev–Trinajstić information content (AvgIpc) is 3.84. The number of aliphatic hydroxyl groups is 1. The zero-order chi connectivity index (χ0) is 36.1. The minimum Gasteiger partial charge on any atom is -0.491 e. The van der Waals surface area contributed by atoms with Crippen LogP contribution in [-0.4, -0.2) is 52.0 Å². The number of amides is 2. The Labute approximate surface area is 309 Å². The summed E-state index contributed by atoms with van der Waals surface area (Å²) < 4.78 is 13.1. The number of carbonyl (C=O) groups is 3. The van der Waals surface area contributed by atoms with Crippen molar-refractivity contribution < 1.29 is 29.0 Å². The van der Waals surface area contributed by atoms with Gasteiger partial charge in [0.25, 0.3) is 0 Å². The van der Waals surface area contributed by atoms with Gasteiger partial charge >= 0.3 is 5.97 Å². The van der Waals surface area contributed by atoms with Crippen molar-refractivity contribution in [2.45, 2.75) is 29.6 Å². The van der Waals surface area contributed by atoms with Gasteiger partial charge in [0, 0.05) is 5.69 Å². The zero-order valence-corrected chi connectivity index (χ0v) is 29.1. The Hall–Kier alpha value is -5.88. The fourth-order valence-electron chi connectivity index (χ4n) is 8.57. The van der Waals surface area contributed by atoms with E-state index < -0.39 is 47.4 Å². The van der Waals surface area contributed by atoms with Crippen molar-refractivity contribution in [3.05, 3.63) is 156 Å². The van der Waals surface area contributed by atoms with Gasteiger partial charge < -0.3 is 25.2 Å². The van der Waals surface area contributed by atoms with Crippen LogP contribution in [0, 0.1) is 5.92 Å². The molecule has 6 aromatic rings. The van der Waals surface area contributed by atoms with Crippen LogP contribution in [0.4, 0.5) is 10.8 Å². The molecule has 264 valence electrons. The molecule has 10 nitrogen and oxygen atoms in total. The first kappa shape index (κ1) is 33.0. The predicted octanol–water partition coefficient (Wildman–Crippen LogP) is 6.58. The van der Waals surface area contributed by atoms with E-state index in [-0.39, 0.29) is 19.1 Å². The monoisotopic (exact) mass is 722 g/mol. The van der Waals surface area contributed by atoms with E-state index in [0.29, 0.717) is 27.7 Å². The van der Waals surface area contributed by atoms with Crippen LogP contribution in [0.25, 0.3) is 10.2 Å². The number of ether oxygens (including phenoxy) is 2. The molecule has 1 spiro atoms.